The van der Waals surface area contributed by atoms with Gasteiger partial charge in [-0.3, -0.25) is 0 Å². The van der Waals surface area contributed by atoms with Crippen molar-refractivity contribution in [2.24, 2.45) is 5.73 Å². The molecular weight excluding hydrogens is 260 g/mol. The predicted molar refractivity (Wildman–Crippen MR) is 53.8 cm³/mol. The first kappa shape index (κ1) is 14.8. The van der Waals surface area contributed by atoms with E-state index in [0.29, 0.717) is 12.1 Å². The zero-order valence-corrected chi connectivity index (χ0v) is 9.36. The van der Waals surface area contributed by atoms with Crippen molar-refractivity contribution in [1.29, 1.82) is 0 Å². The van der Waals surface area contributed by atoms with Crippen molar-refractivity contribution in [2.45, 2.75) is 31.7 Å². The number of nitrogens with two attached hydrogens (primary N) is 1. The van der Waals surface area contributed by atoms with Crippen molar-refractivity contribution in [3.8, 4) is 0 Å². The molecule has 1 aromatic carbocycles. The Balaban J connectivity index is 3.29. The average Bonchev–Trinajstić information content (AvgIpc) is 2.13. The molecule has 0 spiro atoms. The van der Waals surface area contributed by atoms with Gasteiger partial charge in [0.25, 0.3) is 0 Å². The standard InChI is InChI=1S/C11H11F6N/c1-6(18)2-7-3-8(10(12,13)14)5-9(4-7)11(15,16)17/h3-6H,2,18H2,1H3/t6-/m1/s1. The Morgan fingerprint density at radius 2 is 1.33 bits per heavy atom. The SMILES string of the molecule is C[C@@H](N)Cc1cc(C(F)(F)F)cc(C(F)(F)F)c1. The predicted octanol–water partition coefficient (Wildman–Crippen LogP) is 3.61. The fourth-order valence-electron chi connectivity index (χ4n) is 1.51. The van der Waals surface area contributed by atoms with Crippen LogP contribution in [-0.2, 0) is 18.8 Å². The summed E-state index contributed by atoms with van der Waals surface area (Å²) < 4.78 is 74.8. The summed E-state index contributed by atoms with van der Waals surface area (Å²) in [5, 5.41) is 0. The van der Waals surface area contributed by atoms with Crippen LogP contribution in [0.4, 0.5) is 26.3 Å². The number of hydrogen-bond donors (Lipinski definition) is 1. The molecule has 0 saturated heterocycles. The summed E-state index contributed by atoms with van der Waals surface area (Å²) in [6.45, 7) is 1.51. The lowest BCUT2D eigenvalue weighted by molar-refractivity contribution is -0.143. The average molecular weight is 271 g/mol. The van der Waals surface area contributed by atoms with Crippen molar-refractivity contribution >= 4 is 0 Å². The van der Waals surface area contributed by atoms with Gasteiger partial charge in [0.1, 0.15) is 0 Å². The summed E-state index contributed by atoms with van der Waals surface area (Å²) in [5.41, 5.74) is 2.68. The molecule has 0 radical (unpaired) electrons. The highest BCUT2D eigenvalue weighted by Crippen LogP contribution is 2.36. The summed E-state index contributed by atoms with van der Waals surface area (Å²) in [6, 6.07) is 0.969. The van der Waals surface area contributed by atoms with Gasteiger partial charge in [-0.15, -0.1) is 0 Å². The van der Waals surface area contributed by atoms with E-state index in [-0.39, 0.29) is 18.1 Å². The zero-order valence-electron chi connectivity index (χ0n) is 9.36. The third-order valence-corrected chi connectivity index (χ3v) is 2.21. The van der Waals surface area contributed by atoms with Crippen LogP contribution in [0.3, 0.4) is 0 Å². The molecule has 1 rings (SSSR count). The lowest BCUT2D eigenvalue weighted by Crippen LogP contribution is -2.19. The largest absolute Gasteiger partial charge is 0.416 e. The minimum atomic E-state index is -4.81. The number of rotatable bonds is 2. The third-order valence-electron chi connectivity index (χ3n) is 2.21. The lowest BCUT2D eigenvalue weighted by atomic mass is 10.0. The van der Waals surface area contributed by atoms with Crippen LogP contribution in [0.25, 0.3) is 0 Å². The van der Waals surface area contributed by atoms with E-state index >= 15 is 0 Å². The van der Waals surface area contributed by atoms with Crippen LogP contribution < -0.4 is 5.73 Å². The van der Waals surface area contributed by atoms with E-state index in [0.717, 1.165) is 0 Å². The molecule has 1 nitrogen and oxygen atoms in total. The van der Waals surface area contributed by atoms with E-state index in [2.05, 4.69) is 0 Å². The minimum absolute atomic E-state index is 0.0486. The van der Waals surface area contributed by atoms with Gasteiger partial charge in [-0.2, -0.15) is 26.3 Å². The van der Waals surface area contributed by atoms with Crippen LogP contribution in [0.2, 0.25) is 0 Å². The second-order valence-corrected chi connectivity index (χ2v) is 4.10. The van der Waals surface area contributed by atoms with Gasteiger partial charge in [-0.05, 0) is 37.1 Å². The maximum Gasteiger partial charge on any atom is 0.416 e. The zero-order chi connectivity index (χ0) is 14.1. The van der Waals surface area contributed by atoms with Crippen LogP contribution in [-0.4, -0.2) is 6.04 Å². The molecular formula is C11H11F6N. The van der Waals surface area contributed by atoms with E-state index in [9.17, 15) is 26.3 Å². The molecule has 0 saturated carbocycles. The Bertz CT molecular complexity index is 386. The summed E-state index contributed by atoms with van der Waals surface area (Å²) in [5.74, 6) is 0. The van der Waals surface area contributed by atoms with Gasteiger partial charge in [-0.25, -0.2) is 0 Å². The molecule has 2 N–H and O–H groups in total. The maximum atomic E-state index is 12.5. The van der Waals surface area contributed by atoms with E-state index in [4.69, 9.17) is 5.73 Å². The smallest absolute Gasteiger partial charge is 0.328 e. The van der Waals surface area contributed by atoms with Crippen LogP contribution in [0.1, 0.15) is 23.6 Å². The first-order valence-corrected chi connectivity index (χ1v) is 5.04. The number of halogens is 6. The fourth-order valence-corrected chi connectivity index (χ4v) is 1.51. The van der Waals surface area contributed by atoms with Gasteiger partial charge >= 0.3 is 12.4 Å². The number of hydrogen-bond acceptors (Lipinski definition) is 1. The Labute approximate surface area is 99.6 Å². The Hall–Kier alpha value is -1.24. The quantitative estimate of drug-likeness (QED) is 0.817. The molecule has 7 heteroatoms. The van der Waals surface area contributed by atoms with E-state index in [1.807, 2.05) is 0 Å². The summed E-state index contributed by atoms with van der Waals surface area (Å²) in [7, 11) is 0. The molecule has 1 aromatic rings. The van der Waals surface area contributed by atoms with Crippen molar-refractivity contribution in [3.05, 3.63) is 34.9 Å². The van der Waals surface area contributed by atoms with Crippen LogP contribution >= 0.6 is 0 Å². The van der Waals surface area contributed by atoms with Crippen molar-refractivity contribution in [2.75, 3.05) is 0 Å². The van der Waals surface area contributed by atoms with Gasteiger partial charge in [0, 0.05) is 6.04 Å². The second kappa shape index (κ2) is 4.79. The van der Waals surface area contributed by atoms with E-state index in [1.165, 1.54) is 6.92 Å². The van der Waals surface area contributed by atoms with Crippen molar-refractivity contribution in [3.63, 3.8) is 0 Å². The van der Waals surface area contributed by atoms with E-state index < -0.39 is 29.5 Å². The Kier molecular flexibility index (Phi) is 3.95. The van der Waals surface area contributed by atoms with Gasteiger partial charge < -0.3 is 5.73 Å². The van der Waals surface area contributed by atoms with E-state index in [1.54, 1.807) is 0 Å². The molecule has 0 aliphatic rings. The molecule has 0 bridgehead atoms. The number of alkyl halides is 6. The molecule has 1 atom stereocenters. The second-order valence-electron chi connectivity index (χ2n) is 4.10. The first-order chi connectivity index (χ1) is 8.00. The van der Waals surface area contributed by atoms with Gasteiger partial charge in [0.15, 0.2) is 0 Å². The minimum Gasteiger partial charge on any atom is -0.328 e. The molecule has 102 valence electrons. The topological polar surface area (TPSA) is 26.0 Å². The molecule has 18 heavy (non-hydrogen) atoms. The summed E-state index contributed by atoms with van der Waals surface area (Å²) in [6.07, 6.45) is -9.67. The van der Waals surface area contributed by atoms with Crippen LogP contribution in [0, 0.1) is 0 Å². The lowest BCUT2D eigenvalue weighted by Gasteiger charge is -2.15. The van der Waals surface area contributed by atoms with Gasteiger partial charge in [0.2, 0.25) is 0 Å². The molecule has 0 unspecified atom stereocenters. The molecule has 0 aliphatic heterocycles. The summed E-state index contributed by atoms with van der Waals surface area (Å²) >= 11 is 0. The Morgan fingerprint density at radius 3 is 1.61 bits per heavy atom. The van der Waals surface area contributed by atoms with Gasteiger partial charge in [-0.1, -0.05) is 0 Å². The molecule has 0 aliphatic carbocycles. The summed E-state index contributed by atoms with van der Waals surface area (Å²) in [4.78, 5) is 0. The maximum absolute atomic E-state index is 12.5. The highest BCUT2D eigenvalue weighted by atomic mass is 19.4. The monoisotopic (exact) mass is 271 g/mol. The third kappa shape index (κ3) is 3.90. The van der Waals surface area contributed by atoms with Crippen molar-refractivity contribution in [1.82, 2.24) is 0 Å². The Morgan fingerprint density at radius 1 is 0.944 bits per heavy atom. The first-order valence-electron chi connectivity index (χ1n) is 5.04. The molecule has 0 amide bonds. The highest BCUT2D eigenvalue weighted by molar-refractivity contribution is 5.34. The highest BCUT2D eigenvalue weighted by Gasteiger charge is 2.36. The molecule has 0 fully saturated rings. The van der Waals surface area contributed by atoms with Crippen LogP contribution in [0.5, 0.6) is 0 Å². The molecule has 0 aromatic heterocycles. The molecule has 0 heterocycles. The normalized spacial score (nSPS) is 14.7. The number of benzene rings is 1. The van der Waals surface area contributed by atoms with Crippen molar-refractivity contribution < 1.29 is 26.3 Å². The van der Waals surface area contributed by atoms with Crippen LogP contribution in [0.15, 0.2) is 18.2 Å². The van der Waals surface area contributed by atoms with Gasteiger partial charge in [0.05, 0.1) is 11.1 Å². The fraction of sp³-hybridized carbons (Fsp3) is 0.455.